The number of ether oxygens (including phenoxy) is 1. The topological polar surface area (TPSA) is 81.0 Å². The Hall–Kier alpha value is -2.27. The minimum absolute atomic E-state index is 0.0761. The van der Waals surface area contributed by atoms with Crippen LogP contribution in [0.1, 0.15) is 16.9 Å². The molecule has 94 valence electrons. The van der Waals surface area contributed by atoms with E-state index in [1.54, 1.807) is 12.3 Å². The summed E-state index contributed by atoms with van der Waals surface area (Å²) in [6.45, 7) is 0.755. The number of furan rings is 1. The summed E-state index contributed by atoms with van der Waals surface area (Å²) in [4.78, 5) is 0. The van der Waals surface area contributed by atoms with Gasteiger partial charge in [0.1, 0.15) is 12.4 Å². The molecule has 3 N–H and O–H groups in total. The molecule has 1 aromatic carbocycles. The molecule has 2 aromatic rings. The quantitative estimate of drug-likeness (QED) is 0.366. The highest BCUT2D eigenvalue weighted by atomic mass is 16.5. The van der Waals surface area contributed by atoms with E-state index in [0.29, 0.717) is 18.8 Å². The molecule has 0 radical (unpaired) electrons. The molecule has 1 heterocycles. The molecule has 0 aliphatic carbocycles. The van der Waals surface area contributed by atoms with Crippen molar-refractivity contribution < 1.29 is 14.4 Å². The molecule has 0 bridgehead atoms. The highest BCUT2D eigenvalue weighted by molar-refractivity contribution is 5.98. The third-order valence-electron chi connectivity index (χ3n) is 2.48. The number of amidine groups is 1. The first kappa shape index (κ1) is 12.2. The Bertz CT molecular complexity index is 521. The summed E-state index contributed by atoms with van der Waals surface area (Å²) >= 11 is 0. The molecule has 0 amide bonds. The minimum Gasteiger partial charge on any atom is -0.467 e. The first-order valence-corrected chi connectivity index (χ1v) is 5.47. The van der Waals surface area contributed by atoms with Gasteiger partial charge in [0.15, 0.2) is 5.84 Å². The monoisotopic (exact) mass is 246 g/mol. The molecular formula is C13H14N2O3. The normalized spacial score (nSPS) is 11.7. The molecule has 0 unspecified atom stereocenters. The molecule has 5 nitrogen and oxygen atoms in total. The zero-order chi connectivity index (χ0) is 12.8. The Morgan fingerprint density at radius 2 is 2.06 bits per heavy atom. The molecule has 1 aromatic heterocycles. The number of hydrogen-bond donors (Lipinski definition) is 2. The summed E-state index contributed by atoms with van der Waals surface area (Å²) in [5, 5.41) is 11.7. The molecule has 0 aliphatic heterocycles. The van der Waals surface area contributed by atoms with E-state index in [9.17, 15) is 0 Å². The zero-order valence-electron chi connectivity index (χ0n) is 9.74. The molecule has 18 heavy (non-hydrogen) atoms. The second-order valence-electron chi connectivity index (χ2n) is 3.71. The molecule has 5 heteroatoms. The summed E-state index contributed by atoms with van der Waals surface area (Å²) in [5.74, 6) is 0.837. The smallest absolute Gasteiger partial charge is 0.170 e. The van der Waals surface area contributed by atoms with Crippen molar-refractivity contribution in [2.75, 3.05) is 0 Å². The van der Waals surface area contributed by atoms with Crippen LogP contribution in [0.15, 0.2) is 52.2 Å². The Morgan fingerprint density at radius 3 is 2.78 bits per heavy atom. The maximum Gasteiger partial charge on any atom is 0.170 e. The first-order chi connectivity index (χ1) is 8.81. The number of oxime groups is 1. The molecule has 0 spiro atoms. The van der Waals surface area contributed by atoms with E-state index in [1.165, 1.54) is 0 Å². The van der Waals surface area contributed by atoms with Gasteiger partial charge >= 0.3 is 0 Å². The lowest BCUT2D eigenvalue weighted by Crippen LogP contribution is -2.15. The van der Waals surface area contributed by atoms with Crippen LogP contribution in [0.4, 0.5) is 0 Å². The van der Waals surface area contributed by atoms with Gasteiger partial charge in [-0.25, -0.2) is 0 Å². The summed E-state index contributed by atoms with van der Waals surface area (Å²) in [6.07, 6.45) is 1.60. The summed E-state index contributed by atoms with van der Waals surface area (Å²) < 4.78 is 10.7. The Kier molecular flexibility index (Phi) is 3.98. The van der Waals surface area contributed by atoms with Crippen LogP contribution in [-0.4, -0.2) is 11.0 Å². The molecule has 2 rings (SSSR count). The SMILES string of the molecule is N/C(=N\O)c1ccccc1COCc1ccco1. The van der Waals surface area contributed by atoms with Crippen LogP contribution in [0.5, 0.6) is 0 Å². The van der Waals surface area contributed by atoms with Gasteiger partial charge in [0.2, 0.25) is 0 Å². The average molecular weight is 246 g/mol. The first-order valence-electron chi connectivity index (χ1n) is 5.47. The number of nitrogens with zero attached hydrogens (tertiary/aromatic N) is 1. The van der Waals surface area contributed by atoms with Crippen molar-refractivity contribution >= 4 is 5.84 Å². The van der Waals surface area contributed by atoms with Crippen LogP contribution < -0.4 is 5.73 Å². The van der Waals surface area contributed by atoms with Crippen molar-refractivity contribution in [2.24, 2.45) is 10.9 Å². The van der Waals surface area contributed by atoms with E-state index in [2.05, 4.69) is 5.16 Å². The standard InChI is InChI=1S/C13H14N2O3/c14-13(15-16)12-6-2-1-4-10(12)8-17-9-11-5-3-7-18-11/h1-7,16H,8-9H2,(H2,14,15). The maximum absolute atomic E-state index is 8.70. The summed E-state index contributed by atoms with van der Waals surface area (Å²) in [5.41, 5.74) is 7.11. The summed E-state index contributed by atoms with van der Waals surface area (Å²) in [7, 11) is 0. The highest BCUT2D eigenvalue weighted by Crippen LogP contribution is 2.11. The molecule has 0 aliphatic rings. The minimum atomic E-state index is 0.0761. The van der Waals surface area contributed by atoms with E-state index in [4.69, 9.17) is 20.1 Å². The van der Waals surface area contributed by atoms with E-state index in [-0.39, 0.29) is 5.84 Å². The Morgan fingerprint density at radius 1 is 1.22 bits per heavy atom. The van der Waals surface area contributed by atoms with Crippen LogP contribution in [0.25, 0.3) is 0 Å². The largest absolute Gasteiger partial charge is 0.467 e. The fraction of sp³-hybridized carbons (Fsp3) is 0.154. The fourth-order valence-corrected chi connectivity index (χ4v) is 1.61. The number of benzene rings is 1. The van der Waals surface area contributed by atoms with Crippen molar-refractivity contribution in [2.45, 2.75) is 13.2 Å². The van der Waals surface area contributed by atoms with Crippen molar-refractivity contribution in [3.8, 4) is 0 Å². The highest BCUT2D eigenvalue weighted by Gasteiger charge is 2.06. The third kappa shape index (κ3) is 2.89. The number of hydrogen-bond acceptors (Lipinski definition) is 4. The molecule has 0 saturated heterocycles. The lowest BCUT2D eigenvalue weighted by molar-refractivity contribution is 0.0928. The van der Waals surface area contributed by atoms with Crippen molar-refractivity contribution in [3.05, 3.63) is 59.5 Å². The van der Waals surface area contributed by atoms with Gasteiger partial charge in [0.25, 0.3) is 0 Å². The van der Waals surface area contributed by atoms with Crippen LogP contribution in [-0.2, 0) is 18.0 Å². The van der Waals surface area contributed by atoms with Gasteiger partial charge < -0.3 is 20.1 Å². The Balaban J connectivity index is 2.01. The van der Waals surface area contributed by atoms with Gasteiger partial charge in [-0.05, 0) is 17.7 Å². The fourth-order valence-electron chi connectivity index (χ4n) is 1.61. The summed E-state index contributed by atoms with van der Waals surface area (Å²) in [6, 6.07) is 11.0. The third-order valence-corrected chi connectivity index (χ3v) is 2.48. The van der Waals surface area contributed by atoms with E-state index in [0.717, 1.165) is 11.3 Å². The maximum atomic E-state index is 8.70. The Labute approximate surface area is 104 Å². The van der Waals surface area contributed by atoms with Crippen LogP contribution in [0, 0.1) is 0 Å². The molecule has 0 fully saturated rings. The number of rotatable bonds is 5. The predicted octanol–water partition coefficient (Wildman–Crippen LogP) is 2.09. The van der Waals surface area contributed by atoms with Gasteiger partial charge in [0, 0.05) is 5.56 Å². The second kappa shape index (κ2) is 5.88. The van der Waals surface area contributed by atoms with Crippen LogP contribution >= 0.6 is 0 Å². The van der Waals surface area contributed by atoms with Crippen LogP contribution in [0.2, 0.25) is 0 Å². The van der Waals surface area contributed by atoms with E-state index >= 15 is 0 Å². The molecular weight excluding hydrogens is 232 g/mol. The molecule has 0 saturated carbocycles. The zero-order valence-corrected chi connectivity index (χ0v) is 9.74. The lowest BCUT2D eigenvalue weighted by Gasteiger charge is -2.08. The van der Waals surface area contributed by atoms with E-state index in [1.807, 2.05) is 30.3 Å². The second-order valence-corrected chi connectivity index (χ2v) is 3.71. The number of nitrogens with two attached hydrogens (primary N) is 1. The van der Waals surface area contributed by atoms with Crippen molar-refractivity contribution in [1.82, 2.24) is 0 Å². The van der Waals surface area contributed by atoms with Crippen molar-refractivity contribution in [1.29, 1.82) is 0 Å². The van der Waals surface area contributed by atoms with Crippen LogP contribution in [0.3, 0.4) is 0 Å². The lowest BCUT2D eigenvalue weighted by atomic mass is 10.1. The van der Waals surface area contributed by atoms with Gasteiger partial charge in [-0.15, -0.1) is 0 Å². The predicted molar refractivity (Wildman–Crippen MR) is 66.2 cm³/mol. The van der Waals surface area contributed by atoms with Crippen molar-refractivity contribution in [3.63, 3.8) is 0 Å². The van der Waals surface area contributed by atoms with Gasteiger partial charge in [-0.2, -0.15) is 0 Å². The molecule has 0 atom stereocenters. The van der Waals surface area contributed by atoms with Gasteiger partial charge in [0.05, 0.1) is 12.9 Å². The average Bonchev–Trinajstić information content (AvgIpc) is 2.92. The van der Waals surface area contributed by atoms with E-state index < -0.39 is 0 Å². The van der Waals surface area contributed by atoms with Gasteiger partial charge in [-0.3, -0.25) is 0 Å². The van der Waals surface area contributed by atoms with Gasteiger partial charge in [-0.1, -0.05) is 29.4 Å².